The monoisotopic (exact) mass is 409 g/mol. The first-order chi connectivity index (χ1) is 14.1. The lowest BCUT2D eigenvalue weighted by molar-refractivity contribution is 0.0536. The van der Waals surface area contributed by atoms with Crippen molar-refractivity contribution in [1.82, 2.24) is 10.2 Å². The van der Waals surface area contributed by atoms with Crippen molar-refractivity contribution in [2.75, 3.05) is 67.3 Å². The third kappa shape index (κ3) is 7.38. The number of hydrogen-bond acceptors (Lipinski definition) is 6. The van der Waals surface area contributed by atoms with Gasteiger partial charge in [-0.1, -0.05) is 0 Å². The Morgan fingerprint density at radius 1 is 1.21 bits per heavy atom. The summed E-state index contributed by atoms with van der Waals surface area (Å²) in [5, 5.41) is 14.0. The molecule has 2 rings (SSSR count). The Morgan fingerprint density at radius 2 is 1.93 bits per heavy atom. The lowest BCUT2D eigenvalue weighted by atomic mass is 10.1. The summed E-state index contributed by atoms with van der Waals surface area (Å²) >= 11 is 0. The van der Waals surface area contributed by atoms with Gasteiger partial charge >= 0.3 is 0 Å². The van der Waals surface area contributed by atoms with Crippen molar-refractivity contribution >= 4 is 5.96 Å². The number of rotatable bonds is 11. The molecule has 0 saturated carbocycles. The molecule has 0 amide bonds. The fraction of sp³-hybridized carbons (Fsp3) is 0.667. The number of aliphatic hydroxyl groups excluding tert-OH is 1. The van der Waals surface area contributed by atoms with Crippen LogP contribution in [0.15, 0.2) is 23.2 Å². The van der Waals surface area contributed by atoms with Crippen LogP contribution in [0.25, 0.3) is 0 Å². The summed E-state index contributed by atoms with van der Waals surface area (Å²) in [6, 6.07) is 5.39. The van der Waals surface area contributed by atoms with E-state index in [2.05, 4.69) is 15.2 Å². The van der Waals surface area contributed by atoms with Crippen LogP contribution in [0.5, 0.6) is 11.5 Å². The van der Waals surface area contributed by atoms with Gasteiger partial charge in [-0.2, -0.15) is 0 Å². The Balaban J connectivity index is 1.96. The van der Waals surface area contributed by atoms with Gasteiger partial charge in [-0.3, -0.25) is 4.99 Å². The zero-order chi connectivity index (χ0) is 21.1. The molecule has 2 unspecified atom stereocenters. The van der Waals surface area contributed by atoms with Gasteiger partial charge in [-0.05, 0) is 31.0 Å². The fourth-order valence-electron chi connectivity index (χ4n) is 3.28. The molecule has 1 aromatic rings. The summed E-state index contributed by atoms with van der Waals surface area (Å²) in [5.74, 6) is 2.58. The maximum absolute atomic E-state index is 10.6. The molecular weight excluding hydrogens is 374 g/mol. The second-order valence-corrected chi connectivity index (χ2v) is 7.02. The van der Waals surface area contributed by atoms with E-state index in [1.54, 1.807) is 39.5 Å². The van der Waals surface area contributed by atoms with E-state index in [-0.39, 0.29) is 6.54 Å². The number of aliphatic imine (C=N–C) groups is 1. The van der Waals surface area contributed by atoms with Crippen molar-refractivity contribution in [3.8, 4) is 11.5 Å². The molecule has 164 valence electrons. The molecule has 2 N–H and O–H groups in total. The van der Waals surface area contributed by atoms with Crippen LogP contribution >= 0.6 is 0 Å². The summed E-state index contributed by atoms with van der Waals surface area (Å²) in [4.78, 5) is 6.89. The van der Waals surface area contributed by atoms with Crippen LogP contribution in [0.3, 0.4) is 0 Å². The molecule has 8 nitrogen and oxygen atoms in total. The maximum atomic E-state index is 10.6. The topological polar surface area (TPSA) is 84.8 Å². The number of nitrogens with zero attached hydrogens (tertiary/aromatic N) is 2. The normalized spacial score (nSPS) is 18.0. The molecule has 1 aromatic carbocycles. The Kier molecular flexibility index (Phi) is 10.0. The highest BCUT2D eigenvalue weighted by atomic mass is 16.5. The molecule has 0 spiro atoms. The van der Waals surface area contributed by atoms with Gasteiger partial charge in [0.25, 0.3) is 0 Å². The molecule has 1 saturated heterocycles. The quantitative estimate of drug-likeness (QED) is 0.327. The van der Waals surface area contributed by atoms with Crippen LogP contribution < -0.4 is 14.8 Å². The maximum Gasteiger partial charge on any atom is 0.194 e. The average Bonchev–Trinajstić information content (AvgIpc) is 3.22. The Hall–Kier alpha value is -2.03. The number of methoxy groups -OCH3 is 3. The van der Waals surface area contributed by atoms with Gasteiger partial charge in [0.1, 0.15) is 11.5 Å². The first-order valence-electron chi connectivity index (χ1n) is 10.1. The summed E-state index contributed by atoms with van der Waals surface area (Å²) in [7, 11) is 4.86. The van der Waals surface area contributed by atoms with Crippen LogP contribution in [0, 0.1) is 5.92 Å². The highest BCUT2D eigenvalue weighted by Gasteiger charge is 2.25. The van der Waals surface area contributed by atoms with Crippen LogP contribution in [-0.4, -0.2) is 83.3 Å². The van der Waals surface area contributed by atoms with Crippen molar-refractivity contribution in [2.24, 2.45) is 10.9 Å². The van der Waals surface area contributed by atoms with Crippen molar-refractivity contribution in [1.29, 1.82) is 0 Å². The first-order valence-corrected chi connectivity index (χ1v) is 10.1. The summed E-state index contributed by atoms with van der Waals surface area (Å²) in [6.45, 7) is 6.85. The van der Waals surface area contributed by atoms with Gasteiger partial charge in [-0.25, -0.2) is 0 Å². The van der Waals surface area contributed by atoms with E-state index >= 15 is 0 Å². The number of benzene rings is 1. The smallest absolute Gasteiger partial charge is 0.194 e. The van der Waals surface area contributed by atoms with Crippen LogP contribution in [0.4, 0.5) is 0 Å². The van der Waals surface area contributed by atoms with E-state index in [0.717, 1.165) is 38.6 Å². The average molecular weight is 410 g/mol. The van der Waals surface area contributed by atoms with E-state index in [1.807, 2.05) is 6.92 Å². The van der Waals surface area contributed by atoms with Gasteiger partial charge in [0.2, 0.25) is 0 Å². The van der Waals surface area contributed by atoms with Gasteiger partial charge in [0.05, 0.1) is 46.7 Å². The minimum atomic E-state index is -0.747. The number of guanidine groups is 1. The largest absolute Gasteiger partial charge is 0.497 e. The van der Waals surface area contributed by atoms with Crippen molar-refractivity contribution < 1.29 is 24.1 Å². The highest BCUT2D eigenvalue weighted by molar-refractivity contribution is 5.80. The molecule has 1 fully saturated rings. The predicted octanol–water partition coefficient (Wildman–Crippen LogP) is 1.69. The summed E-state index contributed by atoms with van der Waals surface area (Å²) in [5.41, 5.74) is 0.714. The molecule has 1 aliphatic rings. The molecule has 29 heavy (non-hydrogen) atoms. The molecule has 1 aliphatic heterocycles. The zero-order valence-corrected chi connectivity index (χ0v) is 18.0. The molecule has 1 heterocycles. The molecule has 0 bridgehead atoms. The molecule has 8 heteroatoms. The SMILES string of the molecule is CCNC(=NCC(O)c1cc(OC)cc(OC)c1)N1CCC(COCCOC)C1. The number of ether oxygens (including phenoxy) is 4. The van der Waals surface area contributed by atoms with E-state index in [1.165, 1.54) is 0 Å². The molecule has 0 aliphatic carbocycles. The minimum Gasteiger partial charge on any atom is -0.497 e. The Bertz CT molecular complexity index is 618. The second-order valence-electron chi connectivity index (χ2n) is 7.02. The predicted molar refractivity (Wildman–Crippen MR) is 113 cm³/mol. The lowest BCUT2D eigenvalue weighted by Crippen LogP contribution is -2.40. The fourth-order valence-corrected chi connectivity index (χ4v) is 3.28. The van der Waals surface area contributed by atoms with Gasteiger partial charge in [0, 0.05) is 38.7 Å². The standard InChI is InChI=1S/C21H35N3O5/c1-5-22-21(24-7-6-16(14-24)15-29-9-8-26-2)23-13-20(25)17-10-18(27-3)12-19(11-17)28-4/h10-12,16,20,25H,5-9,13-15H2,1-4H3,(H,22,23). The molecule has 2 atom stereocenters. The van der Waals surface area contributed by atoms with E-state index in [4.69, 9.17) is 18.9 Å². The third-order valence-corrected chi connectivity index (χ3v) is 4.88. The van der Waals surface area contributed by atoms with E-state index in [0.29, 0.717) is 36.2 Å². The second kappa shape index (κ2) is 12.5. The summed E-state index contributed by atoms with van der Waals surface area (Å²) in [6.07, 6.45) is 0.316. The van der Waals surface area contributed by atoms with Gasteiger partial charge in [-0.15, -0.1) is 0 Å². The van der Waals surface area contributed by atoms with Crippen molar-refractivity contribution in [3.05, 3.63) is 23.8 Å². The third-order valence-electron chi connectivity index (χ3n) is 4.88. The van der Waals surface area contributed by atoms with Gasteiger partial charge < -0.3 is 34.3 Å². The van der Waals surface area contributed by atoms with E-state index < -0.39 is 6.10 Å². The number of aliphatic hydroxyl groups is 1. The Labute approximate surface area is 173 Å². The van der Waals surface area contributed by atoms with Gasteiger partial charge in [0.15, 0.2) is 5.96 Å². The van der Waals surface area contributed by atoms with E-state index in [9.17, 15) is 5.11 Å². The number of hydrogen-bond donors (Lipinski definition) is 2. The molecule has 0 aromatic heterocycles. The number of likely N-dealkylation sites (tertiary alicyclic amines) is 1. The number of nitrogens with one attached hydrogen (secondary N) is 1. The Morgan fingerprint density at radius 3 is 2.55 bits per heavy atom. The van der Waals surface area contributed by atoms with Crippen LogP contribution in [0.2, 0.25) is 0 Å². The minimum absolute atomic E-state index is 0.254. The van der Waals surface area contributed by atoms with Crippen LogP contribution in [-0.2, 0) is 9.47 Å². The van der Waals surface area contributed by atoms with Crippen molar-refractivity contribution in [2.45, 2.75) is 19.4 Å². The lowest BCUT2D eigenvalue weighted by Gasteiger charge is -2.22. The molecule has 0 radical (unpaired) electrons. The zero-order valence-electron chi connectivity index (χ0n) is 18.0. The first kappa shape index (κ1) is 23.3. The molecular formula is C21H35N3O5. The van der Waals surface area contributed by atoms with Crippen molar-refractivity contribution in [3.63, 3.8) is 0 Å². The van der Waals surface area contributed by atoms with Crippen LogP contribution in [0.1, 0.15) is 25.0 Å². The summed E-state index contributed by atoms with van der Waals surface area (Å²) < 4.78 is 21.3. The highest BCUT2D eigenvalue weighted by Crippen LogP contribution is 2.26.